The third kappa shape index (κ3) is 4.64. The molecule has 0 aliphatic carbocycles. The van der Waals surface area contributed by atoms with Crippen LogP contribution >= 0.6 is 15.9 Å². The minimum atomic E-state index is 0.125. The van der Waals surface area contributed by atoms with Gasteiger partial charge in [0.15, 0.2) is 0 Å². The monoisotopic (exact) mass is 330 g/mol. The highest BCUT2D eigenvalue weighted by Gasteiger charge is 2.10. The number of hydrogen-bond acceptors (Lipinski definition) is 6. The van der Waals surface area contributed by atoms with Crippen molar-refractivity contribution in [2.45, 2.75) is 20.3 Å². The highest BCUT2D eigenvalue weighted by atomic mass is 79.9. The van der Waals surface area contributed by atoms with Gasteiger partial charge < -0.3 is 10.2 Å². The predicted molar refractivity (Wildman–Crippen MR) is 78.6 cm³/mol. The molecule has 1 amide bonds. The van der Waals surface area contributed by atoms with Crippen molar-refractivity contribution in [3.8, 4) is 0 Å². The molecule has 1 aromatic rings. The maximum Gasteiger partial charge on any atom is 0.239 e. The van der Waals surface area contributed by atoms with E-state index in [4.69, 9.17) is 5.84 Å². The largest absolute Gasteiger partial charge is 0.368 e. The molecule has 0 spiro atoms. The van der Waals surface area contributed by atoms with Crippen LogP contribution in [0.1, 0.15) is 20.3 Å². The van der Waals surface area contributed by atoms with Crippen molar-refractivity contribution in [2.75, 3.05) is 30.4 Å². The molecule has 0 saturated heterocycles. The topological polar surface area (TPSA) is 96.2 Å². The molecule has 8 heteroatoms. The van der Waals surface area contributed by atoms with E-state index in [0.717, 1.165) is 17.6 Å². The zero-order valence-corrected chi connectivity index (χ0v) is 12.7. The van der Waals surface area contributed by atoms with Gasteiger partial charge >= 0.3 is 0 Å². The molecule has 0 bridgehead atoms. The highest BCUT2D eigenvalue weighted by Crippen LogP contribution is 2.19. The maximum atomic E-state index is 11.8. The predicted octanol–water partition coefficient (Wildman–Crippen LogP) is 1.20. The van der Waals surface area contributed by atoms with Gasteiger partial charge in [-0.25, -0.2) is 10.8 Å². The van der Waals surface area contributed by atoms with Crippen LogP contribution in [0.2, 0.25) is 0 Å². The molecule has 1 rings (SSSR count). The summed E-state index contributed by atoms with van der Waals surface area (Å²) >= 11 is 3.33. The van der Waals surface area contributed by atoms with Crippen molar-refractivity contribution in [3.63, 3.8) is 0 Å². The van der Waals surface area contributed by atoms with E-state index in [9.17, 15) is 4.79 Å². The van der Waals surface area contributed by atoms with E-state index in [1.807, 2.05) is 13.8 Å². The second-order valence-electron chi connectivity index (χ2n) is 3.78. The average Bonchev–Trinajstić information content (AvgIpc) is 2.42. The van der Waals surface area contributed by atoms with E-state index >= 15 is 0 Å². The van der Waals surface area contributed by atoms with Crippen LogP contribution in [0.5, 0.6) is 0 Å². The number of carbonyl (C=O) groups excluding carboxylic acids is 1. The molecule has 106 valence electrons. The van der Waals surface area contributed by atoms with Crippen LogP contribution in [-0.2, 0) is 4.79 Å². The molecule has 1 heterocycles. The lowest BCUT2D eigenvalue weighted by atomic mass is 10.3. The number of halogens is 1. The Balaban J connectivity index is 2.51. The Morgan fingerprint density at radius 3 is 2.74 bits per heavy atom. The van der Waals surface area contributed by atoms with Crippen LogP contribution in [0.4, 0.5) is 11.8 Å². The standard InChI is InChI=1S/C11H19BrN6O/c1-3-18(4-2)9(19)5-6-14-10-8(12)7-15-11(16-10)17-13/h7H,3-6,13H2,1-2H3,(H2,14,15,16,17). The van der Waals surface area contributed by atoms with E-state index in [0.29, 0.717) is 24.7 Å². The fraction of sp³-hybridized carbons (Fsp3) is 0.545. The smallest absolute Gasteiger partial charge is 0.239 e. The Hall–Kier alpha value is -1.41. The van der Waals surface area contributed by atoms with Gasteiger partial charge in [-0.2, -0.15) is 4.98 Å². The Morgan fingerprint density at radius 2 is 2.16 bits per heavy atom. The fourth-order valence-electron chi connectivity index (χ4n) is 1.58. The number of hydrazine groups is 1. The van der Waals surface area contributed by atoms with Crippen LogP contribution < -0.4 is 16.6 Å². The molecule has 1 aromatic heterocycles. The minimum absolute atomic E-state index is 0.125. The summed E-state index contributed by atoms with van der Waals surface area (Å²) in [6.45, 7) is 5.90. The van der Waals surface area contributed by atoms with E-state index in [2.05, 4.69) is 36.6 Å². The summed E-state index contributed by atoms with van der Waals surface area (Å²) in [5.74, 6) is 6.29. The number of aromatic nitrogens is 2. The molecule has 0 aliphatic rings. The van der Waals surface area contributed by atoms with Gasteiger partial charge in [-0.15, -0.1) is 0 Å². The second kappa shape index (κ2) is 7.90. The van der Waals surface area contributed by atoms with E-state index in [1.165, 1.54) is 0 Å². The van der Waals surface area contributed by atoms with Crippen LogP contribution in [0, 0.1) is 0 Å². The summed E-state index contributed by atoms with van der Waals surface area (Å²) in [6.07, 6.45) is 2.01. The van der Waals surface area contributed by atoms with Crippen molar-refractivity contribution < 1.29 is 4.79 Å². The quantitative estimate of drug-likeness (QED) is 0.513. The first-order valence-corrected chi connectivity index (χ1v) is 6.92. The SMILES string of the molecule is CCN(CC)C(=O)CCNc1nc(NN)ncc1Br. The lowest BCUT2D eigenvalue weighted by Gasteiger charge is -2.18. The second-order valence-corrected chi connectivity index (χ2v) is 4.63. The van der Waals surface area contributed by atoms with Gasteiger partial charge in [0.05, 0.1) is 4.47 Å². The van der Waals surface area contributed by atoms with Gasteiger partial charge in [0.1, 0.15) is 5.82 Å². The first-order chi connectivity index (χ1) is 9.12. The molecule has 4 N–H and O–H groups in total. The first-order valence-electron chi connectivity index (χ1n) is 6.13. The minimum Gasteiger partial charge on any atom is -0.368 e. The Morgan fingerprint density at radius 1 is 1.47 bits per heavy atom. The van der Waals surface area contributed by atoms with Crippen LogP contribution in [0.3, 0.4) is 0 Å². The highest BCUT2D eigenvalue weighted by molar-refractivity contribution is 9.10. The number of nitrogens with one attached hydrogen (secondary N) is 2. The molecular weight excluding hydrogens is 312 g/mol. The molecular formula is C11H19BrN6O. The third-order valence-electron chi connectivity index (χ3n) is 2.62. The van der Waals surface area contributed by atoms with E-state index in [-0.39, 0.29) is 5.91 Å². The van der Waals surface area contributed by atoms with E-state index < -0.39 is 0 Å². The van der Waals surface area contributed by atoms with Crippen molar-refractivity contribution in [1.82, 2.24) is 14.9 Å². The van der Waals surface area contributed by atoms with Crippen LogP contribution in [0.25, 0.3) is 0 Å². The van der Waals surface area contributed by atoms with E-state index in [1.54, 1.807) is 11.1 Å². The number of anilines is 2. The first kappa shape index (κ1) is 15.6. The molecule has 19 heavy (non-hydrogen) atoms. The zero-order chi connectivity index (χ0) is 14.3. The molecule has 0 unspecified atom stereocenters. The number of nitrogens with two attached hydrogens (primary N) is 1. The molecule has 0 aliphatic heterocycles. The van der Waals surface area contributed by atoms with Crippen LogP contribution in [-0.4, -0.2) is 40.4 Å². The number of hydrogen-bond donors (Lipinski definition) is 3. The summed E-state index contributed by atoms with van der Waals surface area (Å²) in [6, 6.07) is 0. The van der Waals surface area contributed by atoms with Crippen LogP contribution in [0.15, 0.2) is 10.7 Å². The van der Waals surface area contributed by atoms with Gasteiger partial charge in [-0.1, -0.05) is 0 Å². The molecule has 0 radical (unpaired) electrons. The summed E-state index contributed by atoms with van der Waals surface area (Å²) < 4.78 is 0.724. The molecule has 0 aromatic carbocycles. The van der Waals surface area contributed by atoms with Gasteiger partial charge in [0, 0.05) is 32.3 Å². The lowest BCUT2D eigenvalue weighted by molar-refractivity contribution is -0.130. The summed E-state index contributed by atoms with van der Waals surface area (Å²) in [7, 11) is 0. The number of carbonyl (C=O) groups is 1. The summed E-state index contributed by atoms with van der Waals surface area (Å²) in [5.41, 5.74) is 2.37. The summed E-state index contributed by atoms with van der Waals surface area (Å²) in [5, 5.41) is 3.08. The van der Waals surface area contributed by atoms with Gasteiger partial charge in [-0.05, 0) is 29.8 Å². The number of rotatable bonds is 7. The fourth-order valence-corrected chi connectivity index (χ4v) is 1.91. The molecule has 0 saturated carbocycles. The Labute approximate surface area is 121 Å². The number of nitrogen functional groups attached to an aromatic ring is 1. The number of nitrogens with zero attached hydrogens (tertiary/aromatic N) is 3. The van der Waals surface area contributed by atoms with Gasteiger partial charge in [0.25, 0.3) is 0 Å². The van der Waals surface area contributed by atoms with Gasteiger partial charge in [0.2, 0.25) is 11.9 Å². The van der Waals surface area contributed by atoms with Crippen molar-refractivity contribution >= 4 is 33.6 Å². The van der Waals surface area contributed by atoms with Crippen molar-refractivity contribution in [3.05, 3.63) is 10.7 Å². The Bertz CT molecular complexity index is 424. The molecule has 0 fully saturated rings. The normalized spacial score (nSPS) is 10.1. The third-order valence-corrected chi connectivity index (χ3v) is 3.20. The van der Waals surface area contributed by atoms with Crippen molar-refractivity contribution in [1.29, 1.82) is 0 Å². The van der Waals surface area contributed by atoms with Crippen molar-refractivity contribution in [2.24, 2.45) is 5.84 Å². The Kier molecular flexibility index (Phi) is 6.51. The molecule has 7 nitrogen and oxygen atoms in total. The average molecular weight is 331 g/mol. The summed E-state index contributed by atoms with van der Waals surface area (Å²) in [4.78, 5) is 21.7. The maximum absolute atomic E-state index is 11.8. The zero-order valence-electron chi connectivity index (χ0n) is 11.1. The van der Waals surface area contributed by atoms with Gasteiger partial charge in [-0.3, -0.25) is 10.2 Å². The molecule has 0 atom stereocenters. The number of amides is 1. The lowest BCUT2D eigenvalue weighted by Crippen LogP contribution is -2.31.